The average Bonchev–Trinajstić information content (AvgIpc) is 2.38. The topological polar surface area (TPSA) is 23.8 Å². The van der Waals surface area contributed by atoms with E-state index < -0.39 is 0 Å². The smallest absolute Gasteiger partial charge is 0.0767 e. The van der Waals surface area contributed by atoms with Crippen LogP contribution in [0.4, 0.5) is 0 Å². The number of nitrogens with zero attached hydrogens (tertiary/aromatic N) is 1. The van der Waals surface area contributed by atoms with E-state index in [0.29, 0.717) is 16.5 Å². The normalized spacial score (nSPS) is 11.8. The molecule has 0 aliphatic rings. The van der Waals surface area contributed by atoms with Gasteiger partial charge in [0.15, 0.2) is 0 Å². The second-order valence-corrected chi connectivity index (χ2v) is 4.88. The molecule has 0 spiro atoms. The van der Waals surface area contributed by atoms with Crippen LogP contribution >= 0.6 is 23.2 Å². The van der Waals surface area contributed by atoms with Crippen molar-refractivity contribution in [2.75, 3.05) is 0 Å². The first-order valence-electron chi connectivity index (χ1n) is 5.59. The summed E-state index contributed by atoms with van der Waals surface area (Å²) in [5.41, 5.74) is 1.95. The van der Waals surface area contributed by atoms with Gasteiger partial charge in [-0.1, -0.05) is 59.6 Å². The Hall–Kier alpha value is -1.49. The van der Waals surface area contributed by atoms with Gasteiger partial charge in [-0.3, -0.25) is 0 Å². The van der Waals surface area contributed by atoms with Crippen molar-refractivity contribution >= 4 is 23.2 Å². The first-order chi connectivity index (χ1) is 8.70. The lowest BCUT2D eigenvalue weighted by Crippen LogP contribution is -2.01. The molecule has 0 aliphatic heterocycles. The van der Waals surface area contributed by atoms with E-state index in [1.807, 2.05) is 36.4 Å². The summed E-state index contributed by atoms with van der Waals surface area (Å²) in [5, 5.41) is 10.4. The highest BCUT2D eigenvalue weighted by molar-refractivity contribution is 6.35. The van der Waals surface area contributed by atoms with Gasteiger partial charge in [0.1, 0.15) is 0 Å². The van der Waals surface area contributed by atoms with Gasteiger partial charge in [0, 0.05) is 10.0 Å². The summed E-state index contributed by atoms with van der Waals surface area (Å²) in [6.07, 6.45) is 0.651. The van der Waals surface area contributed by atoms with Crippen LogP contribution in [0.1, 0.15) is 17.0 Å². The zero-order valence-corrected chi connectivity index (χ0v) is 11.1. The molecule has 0 heterocycles. The minimum atomic E-state index is -0.253. The maximum absolute atomic E-state index is 9.29. The van der Waals surface area contributed by atoms with Crippen molar-refractivity contribution in [3.05, 3.63) is 69.7 Å². The molecule has 1 nitrogen and oxygen atoms in total. The van der Waals surface area contributed by atoms with Crippen LogP contribution in [0, 0.1) is 11.3 Å². The molecular weight excluding hydrogens is 265 g/mol. The van der Waals surface area contributed by atoms with E-state index in [4.69, 9.17) is 23.2 Å². The van der Waals surface area contributed by atoms with Gasteiger partial charge in [-0.15, -0.1) is 0 Å². The Morgan fingerprint density at radius 1 is 1.06 bits per heavy atom. The van der Waals surface area contributed by atoms with Crippen LogP contribution in [0.25, 0.3) is 0 Å². The van der Waals surface area contributed by atoms with Gasteiger partial charge in [0.05, 0.1) is 12.0 Å². The van der Waals surface area contributed by atoms with E-state index in [2.05, 4.69) is 6.07 Å². The standard InChI is InChI=1S/C15H11Cl2N/c16-13-6-7-14(15(17)9-13)12(10-18)8-11-4-2-1-3-5-11/h1-7,9,12H,8H2. The van der Waals surface area contributed by atoms with E-state index in [9.17, 15) is 5.26 Å². The maximum atomic E-state index is 9.29. The lowest BCUT2D eigenvalue weighted by atomic mass is 9.93. The van der Waals surface area contributed by atoms with Crippen molar-refractivity contribution in [2.45, 2.75) is 12.3 Å². The molecule has 18 heavy (non-hydrogen) atoms. The molecule has 0 aliphatic carbocycles. The molecule has 3 heteroatoms. The van der Waals surface area contributed by atoms with Crippen LogP contribution in [0.2, 0.25) is 10.0 Å². The van der Waals surface area contributed by atoms with Gasteiger partial charge in [0.2, 0.25) is 0 Å². The van der Waals surface area contributed by atoms with Crippen molar-refractivity contribution in [3.63, 3.8) is 0 Å². The summed E-state index contributed by atoms with van der Waals surface area (Å²) in [7, 11) is 0. The molecule has 90 valence electrons. The third-order valence-electron chi connectivity index (χ3n) is 2.78. The zero-order chi connectivity index (χ0) is 13.0. The third kappa shape index (κ3) is 3.04. The summed E-state index contributed by atoms with van der Waals surface area (Å²) < 4.78 is 0. The van der Waals surface area contributed by atoms with Crippen LogP contribution in [-0.4, -0.2) is 0 Å². The molecule has 0 radical (unpaired) electrons. The van der Waals surface area contributed by atoms with Crippen molar-refractivity contribution in [2.24, 2.45) is 0 Å². The number of hydrogen-bond donors (Lipinski definition) is 0. The first-order valence-corrected chi connectivity index (χ1v) is 6.35. The van der Waals surface area contributed by atoms with E-state index in [1.54, 1.807) is 12.1 Å². The molecule has 0 saturated heterocycles. The number of benzene rings is 2. The Balaban J connectivity index is 2.27. The van der Waals surface area contributed by atoms with Gasteiger partial charge in [-0.05, 0) is 29.7 Å². The Kier molecular flexibility index (Phi) is 4.25. The SMILES string of the molecule is N#CC(Cc1ccccc1)c1ccc(Cl)cc1Cl. The summed E-state index contributed by atoms with van der Waals surface area (Å²) in [4.78, 5) is 0. The van der Waals surface area contributed by atoms with E-state index >= 15 is 0 Å². The van der Waals surface area contributed by atoms with E-state index in [1.165, 1.54) is 0 Å². The third-order valence-corrected chi connectivity index (χ3v) is 3.34. The fraction of sp³-hybridized carbons (Fsp3) is 0.133. The number of hydrogen-bond acceptors (Lipinski definition) is 1. The zero-order valence-electron chi connectivity index (χ0n) is 9.61. The summed E-state index contributed by atoms with van der Waals surface area (Å²) in [5.74, 6) is -0.253. The molecule has 1 atom stereocenters. The Morgan fingerprint density at radius 2 is 1.78 bits per heavy atom. The molecule has 0 bridgehead atoms. The highest BCUT2D eigenvalue weighted by atomic mass is 35.5. The lowest BCUT2D eigenvalue weighted by molar-refractivity contribution is 0.849. The number of rotatable bonds is 3. The van der Waals surface area contributed by atoms with Crippen LogP contribution in [0.5, 0.6) is 0 Å². The molecule has 0 fully saturated rings. The summed E-state index contributed by atoms with van der Waals surface area (Å²) >= 11 is 12.0. The largest absolute Gasteiger partial charge is 0.198 e. The van der Waals surface area contributed by atoms with E-state index in [0.717, 1.165) is 11.1 Å². The highest BCUT2D eigenvalue weighted by Crippen LogP contribution is 2.29. The number of nitriles is 1. The molecular formula is C15H11Cl2N. The molecule has 0 amide bonds. The fourth-order valence-electron chi connectivity index (χ4n) is 1.86. The lowest BCUT2D eigenvalue weighted by Gasteiger charge is -2.11. The number of halogens is 2. The van der Waals surface area contributed by atoms with Gasteiger partial charge in [0.25, 0.3) is 0 Å². The van der Waals surface area contributed by atoms with Gasteiger partial charge < -0.3 is 0 Å². The van der Waals surface area contributed by atoms with Crippen LogP contribution < -0.4 is 0 Å². The first kappa shape index (κ1) is 13.0. The van der Waals surface area contributed by atoms with Crippen LogP contribution in [0.3, 0.4) is 0 Å². The van der Waals surface area contributed by atoms with Crippen molar-refractivity contribution in [3.8, 4) is 6.07 Å². The summed E-state index contributed by atoms with van der Waals surface area (Å²) in [6, 6.07) is 17.5. The molecule has 2 aromatic carbocycles. The Bertz CT molecular complexity index is 573. The average molecular weight is 276 g/mol. The van der Waals surface area contributed by atoms with Crippen LogP contribution in [0.15, 0.2) is 48.5 Å². The molecule has 2 aromatic rings. The van der Waals surface area contributed by atoms with Crippen molar-refractivity contribution in [1.82, 2.24) is 0 Å². The second kappa shape index (κ2) is 5.91. The van der Waals surface area contributed by atoms with Gasteiger partial charge >= 0.3 is 0 Å². The minimum absolute atomic E-state index is 0.253. The van der Waals surface area contributed by atoms with Gasteiger partial charge in [-0.25, -0.2) is 0 Å². The van der Waals surface area contributed by atoms with Crippen molar-refractivity contribution in [1.29, 1.82) is 5.26 Å². The minimum Gasteiger partial charge on any atom is -0.198 e. The quantitative estimate of drug-likeness (QED) is 0.786. The summed E-state index contributed by atoms with van der Waals surface area (Å²) in [6.45, 7) is 0. The van der Waals surface area contributed by atoms with Crippen molar-refractivity contribution < 1.29 is 0 Å². The predicted molar refractivity (Wildman–Crippen MR) is 75.0 cm³/mol. The molecule has 0 saturated carbocycles. The monoisotopic (exact) mass is 275 g/mol. The molecule has 1 unspecified atom stereocenters. The predicted octanol–water partition coefficient (Wildman–Crippen LogP) is 4.84. The molecule has 2 rings (SSSR count). The molecule has 0 N–H and O–H groups in total. The van der Waals surface area contributed by atoms with Gasteiger partial charge in [-0.2, -0.15) is 5.26 Å². The highest BCUT2D eigenvalue weighted by Gasteiger charge is 2.15. The Morgan fingerprint density at radius 3 is 2.39 bits per heavy atom. The fourth-order valence-corrected chi connectivity index (χ4v) is 2.40. The molecule has 0 aromatic heterocycles. The Labute approximate surface area is 117 Å². The van der Waals surface area contributed by atoms with E-state index in [-0.39, 0.29) is 5.92 Å². The second-order valence-electron chi connectivity index (χ2n) is 4.04. The van der Waals surface area contributed by atoms with Crippen LogP contribution in [-0.2, 0) is 6.42 Å². The maximum Gasteiger partial charge on any atom is 0.0767 e.